The fourth-order valence-electron chi connectivity index (χ4n) is 2.61. The molecule has 1 aromatic carbocycles. The van der Waals surface area contributed by atoms with E-state index < -0.39 is 29.1 Å². The van der Waals surface area contributed by atoms with Crippen molar-refractivity contribution in [1.82, 2.24) is 4.90 Å². The van der Waals surface area contributed by atoms with E-state index in [1.54, 1.807) is 4.90 Å². The Kier molecular flexibility index (Phi) is 4.41. The smallest absolute Gasteiger partial charge is 0.337 e. The van der Waals surface area contributed by atoms with Crippen molar-refractivity contribution in [2.75, 3.05) is 11.9 Å². The molecule has 0 aliphatic carbocycles. The third-order valence-electron chi connectivity index (χ3n) is 3.80. The van der Waals surface area contributed by atoms with Crippen molar-refractivity contribution in [1.29, 1.82) is 0 Å². The second kappa shape index (κ2) is 5.86. The lowest BCUT2D eigenvalue weighted by Gasteiger charge is -2.32. The molecule has 2 rings (SSSR count). The monoisotopic (exact) mass is 328 g/mol. The number of amides is 2. The molecule has 0 saturated carbocycles. The molecule has 1 aliphatic heterocycles. The summed E-state index contributed by atoms with van der Waals surface area (Å²) >= 11 is 0. The van der Waals surface area contributed by atoms with E-state index in [4.69, 9.17) is 0 Å². The quantitative estimate of drug-likeness (QED) is 0.906. The Balaban J connectivity index is 2.14. The number of carbonyl (C=O) groups is 2. The highest BCUT2D eigenvalue weighted by atomic mass is 19.4. The molecule has 1 atom stereocenters. The van der Waals surface area contributed by atoms with Gasteiger partial charge >= 0.3 is 6.18 Å². The molecule has 1 heterocycles. The van der Waals surface area contributed by atoms with E-state index in [0.717, 1.165) is 6.07 Å². The molecule has 1 fully saturated rings. The lowest BCUT2D eigenvalue weighted by Crippen LogP contribution is -2.42. The van der Waals surface area contributed by atoms with Crippen molar-refractivity contribution < 1.29 is 22.8 Å². The molecular formula is C16H19F3N2O2. The van der Waals surface area contributed by atoms with Crippen LogP contribution in [0, 0.1) is 5.92 Å². The normalized spacial score (nSPS) is 19.1. The Hall–Kier alpha value is -2.05. The zero-order valence-corrected chi connectivity index (χ0v) is 13.2. The van der Waals surface area contributed by atoms with Crippen LogP contribution >= 0.6 is 0 Å². The van der Waals surface area contributed by atoms with Crippen LogP contribution in [0.2, 0.25) is 0 Å². The summed E-state index contributed by atoms with van der Waals surface area (Å²) < 4.78 is 38.8. The zero-order valence-electron chi connectivity index (χ0n) is 13.2. The van der Waals surface area contributed by atoms with Gasteiger partial charge in [0.05, 0.1) is 17.2 Å². The van der Waals surface area contributed by atoms with Gasteiger partial charge < -0.3 is 10.2 Å². The molecule has 1 unspecified atom stereocenters. The van der Waals surface area contributed by atoms with Gasteiger partial charge in [-0.05, 0) is 32.9 Å². The summed E-state index contributed by atoms with van der Waals surface area (Å²) in [6, 6.07) is 4.81. The number of benzene rings is 1. The number of hydrogen-bond acceptors (Lipinski definition) is 2. The van der Waals surface area contributed by atoms with E-state index in [1.807, 2.05) is 20.8 Å². The van der Waals surface area contributed by atoms with Crippen molar-refractivity contribution in [3.8, 4) is 0 Å². The van der Waals surface area contributed by atoms with Crippen molar-refractivity contribution in [2.45, 2.75) is 38.9 Å². The van der Waals surface area contributed by atoms with E-state index in [0.29, 0.717) is 0 Å². The summed E-state index contributed by atoms with van der Waals surface area (Å²) in [5, 5.41) is 2.31. The van der Waals surface area contributed by atoms with Crippen LogP contribution in [0.25, 0.3) is 0 Å². The first kappa shape index (κ1) is 17.3. The molecule has 7 heteroatoms. The number of hydrogen-bond donors (Lipinski definition) is 1. The maximum Gasteiger partial charge on any atom is 0.418 e. The molecule has 0 bridgehead atoms. The predicted molar refractivity (Wildman–Crippen MR) is 79.6 cm³/mol. The number of nitrogens with zero attached hydrogens (tertiary/aromatic N) is 1. The van der Waals surface area contributed by atoms with Crippen LogP contribution in [-0.2, 0) is 15.8 Å². The van der Waals surface area contributed by atoms with Gasteiger partial charge in [-0.15, -0.1) is 0 Å². The maximum atomic E-state index is 12.9. The van der Waals surface area contributed by atoms with Crippen LogP contribution in [0.4, 0.5) is 18.9 Å². The van der Waals surface area contributed by atoms with E-state index in [-0.39, 0.29) is 24.6 Å². The van der Waals surface area contributed by atoms with E-state index in [2.05, 4.69) is 5.32 Å². The molecule has 4 nitrogen and oxygen atoms in total. The summed E-state index contributed by atoms with van der Waals surface area (Å²) in [7, 11) is 0. The Bertz CT molecular complexity index is 620. The van der Waals surface area contributed by atoms with Gasteiger partial charge in [0.25, 0.3) is 0 Å². The summed E-state index contributed by atoms with van der Waals surface area (Å²) in [4.78, 5) is 25.8. The molecule has 1 N–H and O–H groups in total. The average Bonchev–Trinajstić information content (AvgIpc) is 2.80. The van der Waals surface area contributed by atoms with Gasteiger partial charge in [-0.2, -0.15) is 13.2 Å². The number of para-hydroxylation sites is 1. The van der Waals surface area contributed by atoms with Gasteiger partial charge in [0, 0.05) is 18.5 Å². The summed E-state index contributed by atoms with van der Waals surface area (Å²) in [6.45, 7) is 5.76. The third-order valence-corrected chi connectivity index (χ3v) is 3.80. The molecule has 0 aromatic heterocycles. The van der Waals surface area contributed by atoms with E-state index >= 15 is 0 Å². The van der Waals surface area contributed by atoms with Gasteiger partial charge in [-0.3, -0.25) is 9.59 Å². The van der Waals surface area contributed by atoms with E-state index in [9.17, 15) is 22.8 Å². The van der Waals surface area contributed by atoms with Crippen molar-refractivity contribution in [3.63, 3.8) is 0 Å². The van der Waals surface area contributed by atoms with Crippen LogP contribution in [0.5, 0.6) is 0 Å². The summed E-state index contributed by atoms with van der Waals surface area (Å²) in [6.07, 6.45) is -4.54. The second-order valence-corrected chi connectivity index (χ2v) is 6.61. The SMILES string of the molecule is CC(C)(C)N1CC(C(=O)Nc2ccccc2C(F)(F)F)CC1=O. The zero-order chi connectivity index (χ0) is 17.4. The topological polar surface area (TPSA) is 49.4 Å². The van der Waals surface area contributed by atoms with Gasteiger partial charge in [0.2, 0.25) is 11.8 Å². The lowest BCUT2D eigenvalue weighted by molar-refractivity contribution is -0.137. The Morgan fingerprint density at radius 2 is 1.83 bits per heavy atom. The average molecular weight is 328 g/mol. The highest BCUT2D eigenvalue weighted by Crippen LogP contribution is 2.35. The highest BCUT2D eigenvalue weighted by molar-refractivity contribution is 5.97. The molecular weight excluding hydrogens is 309 g/mol. The van der Waals surface area contributed by atoms with Gasteiger partial charge in [-0.1, -0.05) is 12.1 Å². The lowest BCUT2D eigenvalue weighted by atomic mass is 10.1. The first-order chi connectivity index (χ1) is 10.5. The number of rotatable bonds is 2. The number of anilines is 1. The Labute approximate surface area is 132 Å². The largest absolute Gasteiger partial charge is 0.418 e. The van der Waals surface area contributed by atoms with Gasteiger partial charge in [-0.25, -0.2) is 0 Å². The first-order valence-electron chi connectivity index (χ1n) is 7.27. The minimum Gasteiger partial charge on any atom is -0.337 e. The number of alkyl halides is 3. The number of halogens is 3. The molecule has 2 amide bonds. The molecule has 126 valence electrons. The first-order valence-corrected chi connectivity index (χ1v) is 7.27. The van der Waals surface area contributed by atoms with Crippen LogP contribution in [0.3, 0.4) is 0 Å². The van der Waals surface area contributed by atoms with Crippen LogP contribution in [0.15, 0.2) is 24.3 Å². The Morgan fingerprint density at radius 1 is 1.22 bits per heavy atom. The molecule has 0 spiro atoms. The summed E-state index contributed by atoms with van der Waals surface area (Å²) in [5.41, 5.74) is -1.60. The fraction of sp³-hybridized carbons (Fsp3) is 0.500. The standard InChI is InChI=1S/C16H19F3N2O2/c1-15(2,3)21-9-10(8-13(21)22)14(23)20-12-7-5-4-6-11(12)16(17,18)19/h4-7,10H,8-9H2,1-3H3,(H,20,23). The molecule has 1 saturated heterocycles. The fourth-order valence-corrected chi connectivity index (χ4v) is 2.61. The van der Waals surface area contributed by atoms with Gasteiger partial charge in [0.1, 0.15) is 0 Å². The number of nitrogens with one attached hydrogen (secondary N) is 1. The minimum absolute atomic E-state index is 0.0112. The van der Waals surface area contributed by atoms with Crippen LogP contribution in [0.1, 0.15) is 32.8 Å². The van der Waals surface area contributed by atoms with Crippen LogP contribution < -0.4 is 5.32 Å². The van der Waals surface area contributed by atoms with E-state index in [1.165, 1.54) is 18.2 Å². The highest BCUT2D eigenvalue weighted by Gasteiger charge is 2.40. The van der Waals surface area contributed by atoms with Crippen molar-refractivity contribution in [3.05, 3.63) is 29.8 Å². The third kappa shape index (κ3) is 3.83. The Morgan fingerprint density at radius 3 is 2.35 bits per heavy atom. The summed E-state index contributed by atoms with van der Waals surface area (Å²) in [5.74, 6) is -1.38. The van der Waals surface area contributed by atoms with Crippen LogP contribution in [-0.4, -0.2) is 28.8 Å². The van der Waals surface area contributed by atoms with Crippen molar-refractivity contribution >= 4 is 17.5 Å². The predicted octanol–water partition coefficient (Wildman–Crippen LogP) is 3.29. The number of carbonyl (C=O) groups excluding carboxylic acids is 2. The molecule has 23 heavy (non-hydrogen) atoms. The minimum atomic E-state index is -4.55. The van der Waals surface area contributed by atoms with Crippen molar-refractivity contribution in [2.24, 2.45) is 5.92 Å². The molecule has 0 radical (unpaired) electrons. The second-order valence-electron chi connectivity index (χ2n) is 6.61. The number of likely N-dealkylation sites (tertiary alicyclic amines) is 1. The molecule has 1 aromatic rings. The maximum absolute atomic E-state index is 12.9. The molecule has 1 aliphatic rings. The van der Waals surface area contributed by atoms with Gasteiger partial charge in [0.15, 0.2) is 0 Å².